The van der Waals surface area contributed by atoms with E-state index in [1.165, 1.54) is 12.1 Å². The fraction of sp³-hybridized carbons (Fsp3) is 0.417. The lowest BCUT2D eigenvalue weighted by Crippen LogP contribution is -2.48. The zero-order valence-corrected chi connectivity index (χ0v) is 10.1. The van der Waals surface area contributed by atoms with Gasteiger partial charge in [0.05, 0.1) is 16.2 Å². The van der Waals surface area contributed by atoms with E-state index < -0.39 is 11.4 Å². The molecule has 0 saturated heterocycles. The molecule has 1 saturated carbocycles. The van der Waals surface area contributed by atoms with Gasteiger partial charge in [0, 0.05) is 0 Å². The van der Waals surface area contributed by atoms with Crippen LogP contribution in [0.4, 0.5) is 10.1 Å². The van der Waals surface area contributed by atoms with Crippen LogP contribution in [0.5, 0.6) is 0 Å². The van der Waals surface area contributed by atoms with Crippen molar-refractivity contribution in [2.45, 2.75) is 31.2 Å². The predicted molar refractivity (Wildman–Crippen MR) is 65.4 cm³/mol. The van der Waals surface area contributed by atoms with Crippen molar-refractivity contribution in [2.24, 2.45) is 5.73 Å². The Hall–Kier alpha value is -1.13. The Balaban J connectivity index is 2.13. The van der Waals surface area contributed by atoms with Crippen molar-refractivity contribution >= 4 is 23.2 Å². The Morgan fingerprint density at radius 3 is 2.65 bits per heavy atom. The number of nitrogens with two attached hydrogens (primary N) is 1. The number of halogens is 2. The van der Waals surface area contributed by atoms with E-state index in [1.807, 2.05) is 0 Å². The van der Waals surface area contributed by atoms with Gasteiger partial charge in [-0.25, -0.2) is 4.39 Å². The topological polar surface area (TPSA) is 55.1 Å². The third-order valence-electron chi connectivity index (χ3n) is 3.13. The van der Waals surface area contributed by atoms with Crippen LogP contribution in [0.1, 0.15) is 25.7 Å². The van der Waals surface area contributed by atoms with Crippen LogP contribution in [0.25, 0.3) is 0 Å². The third-order valence-corrected chi connectivity index (χ3v) is 3.44. The molecule has 0 aliphatic heterocycles. The molecule has 5 heteroatoms. The fourth-order valence-electron chi connectivity index (χ4n) is 2.07. The molecule has 0 aromatic heterocycles. The SMILES string of the molecule is NC1(C(=O)Nc2ccc(F)cc2Cl)CCCC1. The van der Waals surface area contributed by atoms with Crippen molar-refractivity contribution in [3.63, 3.8) is 0 Å². The summed E-state index contributed by atoms with van der Waals surface area (Å²) < 4.78 is 12.8. The number of benzene rings is 1. The van der Waals surface area contributed by atoms with Crippen molar-refractivity contribution < 1.29 is 9.18 Å². The molecule has 1 aromatic carbocycles. The van der Waals surface area contributed by atoms with Crippen LogP contribution in [0, 0.1) is 5.82 Å². The maximum Gasteiger partial charge on any atom is 0.244 e. The first-order chi connectivity index (χ1) is 8.01. The lowest BCUT2D eigenvalue weighted by Gasteiger charge is -2.22. The Bertz CT molecular complexity index is 444. The summed E-state index contributed by atoms with van der Waals surface area (Å²) in [6.45, 7) is 0. The van der Waals surface area contributed by atoms with Crippen molar-refractivity contribution in [3.05, 3.63) is 29.0 Å². The van der Waals surface area contributed by atoms with Gasteiger partial charge in [-0.05, 0) is 31.0 Å². The number of hydrogen-bond donors (Lipinski definition) is 2. The molecule has 1 aromatic rings. The van der Waals surface area contributed by atoms with Gasteiger partial charge in [0.15, 0.2) is 0 Å². The molecule has 1 amide bonds. The average Bonchev–Trinajstić information content (AvgIpc) is 2.71. The highest BCUT2D eigenvalue weighted by molar-refractivity contribution is 6.33. The third kappa shape index (κ3) is 2.58. The van der Waals surface area contributed by atoms with E-state index in [4.69, 9.17) is 17.3 Å². The van der Waals surface area contributed by atoms with Crippen LogP contribution in [0.15, 0.2) is 18.2 Å². The highest BCUT2D eigenvalue weighted by Gasteiger charge is 2.37. The Kier molecular flexibility index (Phi) is 3.35. The maximum atomic E-state index is 12.8. The lowest BCUT2D eigenvalue weighted by atomic mass is 9.98. The standard InChI is InChI=1S/C12H14ClFN2O/c13-9-7-8(14)3-4-10(9)16-11(17)12(15)5-1-2-6-12/h3-4,7H,1-2,5-6,15H2,(H,16,17). The summed E-state index contributed by atoms with van der Waals surface area (Å²) in [7, 11) is 0. The molecule has 0 bridgehead atoms. The summed E-state index contributed by atoms with van der Waals surface area (Å²) in [4.78, 5) is 12.0. The summed E-state index contributed by atoms with van der Waals surface area (Å²) in [6.07, 6.45) is 3.28. The van der Waals surface area contributed by atoms with Gasteiger partial charge in [0.2, 0.25) is 5.91 Å². The molecule has 92 valence electrons. The molecule has 0 unspecified atom stereocenters. The number of nitrogens with one attached hydrogen (secondary N) is 1. The largest absolute Gasteiger partial charge is 0.323 e. The van der Waals surface area contributed by atoms with E-state index in [0.29, 0.717) is 18.5 Å². The second kappa shape index (κ2) is 4.63. The van der Waals surface area contributed by atoms with Crippen LogP contribution in [-0.4, -0.2) is 11.4 Å². The van der Waals surface area contributed by atoms with Crippen LogP contribution in [0.3, 0.4) is 0 Å². The molecule has 3 nitrogen and oxygen atoms in total. The molecule has 0 heterocycles. The van der Waals surface area contributed by atoms with Gasteiger partial charge in [-0.15, -0.1) is 0 Å². The minimum absolute atomic E-state index is 0.181. The number of hydrogen-bond acceptors (Lipinski definition) is 2. The highest BCUT2D eigenvalue weighted by Crippen LogP contribution is 2.30. The van der Waals surface area contributed by atoms with Gasteiger partial charge in [0.25, 0.3) is 0 Å². The van der Waals surface area contributed by atoms with Crippen molar-refractivity contribution in [3.8, 4) is 0 Å². The number of carbonyl (C=O) groups is 1. The van der Waals surface area contributed by atoms with E-state index in [2.05, 4.69) is 5.32 Å². The van der Waals surface area contributed by atoms with E-state index >= 15 is 0 Å². The number of amides is 1. The molecule has 17 heavy (non-hydrogen) atoms. The summed E-state index contributed by atoms with van der Waals surface area (Å²) >= 11 is 5.83. The zero-order valence-electron chi connectivity index (χ0n) is 9.30. The van der Waals surface area contributed by atoms with Gasteiger partial charge in [-0.3, -0.25) is 4.79 Å². The second-order valence-electron chi connectivity index (χ2n) is 4.44. The first kappa shape index (κ1) is 12.3. The molecular formula is C12H14ClFN2O. The highest BCUT2D eigenvalue weighted by atomic mass is 35.5. The normalized spacial score (nSPS) is 18.1. The smallest absolute Gasteiger partial charge is 0.244 e. The minimum Gasteiger partial charge on any atom is -0.323 e. The Morgan fingerprint density at radius 1 is 1.41 bits per heavy atom. The van der Waals surface area contributed by atoms with Crippen LogP contribution >= 0.6 is 11.6 Å². The molecule has 0 radical (unpaired) electrons. The van der Waals surface area contributed by atoms with Gasteiger partial charge >= 0.3 is 0 Å². The maximum absolute atomic E-state index is 12.8. The minimum atomic E-state index is -0.808. The molecule has 1 aliphatic rings. The first-order valence-electron chi connectivity index (χ1n) is 5.57. The Labute approximate surface area is 104 Å². The summed E-state index contributed by atoms with van der Waals surface area (Å²) in [5, 5.41) is 2.84. The van der Waals surface area contributed by atoms with Gasteiger partial charge in [-0.2, -0.15) is 0 Å². The van der Waals surface area contributed by atoms with Crippen LogP contribution < -0.4 is 11.1 Å². The van der Waals surface area contributed by atoms with Gasteiger partial charge in [-0.1, -0.05) is 24.4 Å². The number of carbonyl (C=O) groups excluding carboxylic acids is 1. The predicted octanol–water partition coefficient (Wildman–Crippen LogP) is 2.69. The first-order valence-corrected chi connectivity index (χ1v) is 5.94. The average molecular weight is 257 g/mol. The monoisotopic (exact) mass is 256 g/mol. The van der Waals surface area contributed by atoms with Crippen LogP contribution in [-0.2, 0) is 4.79 Å². The molecule has 3 N–H and O–H groups in total. The van der Waals surface area contributed by atoms with Crippen molar-refractivity contribution in [1.82, 2.24) is 0 Å². The van der Waals surface area contributed by atoms with E-state index in [1.54, 1.807) is 0 Å². The molecular weight excluding hydrogens is 243 g/mol. The van der Waals surface area contributed by atoms with E-state index in [9.17, 15) is 9.18 Å². The molecule has 0 atom stereocenters. The second-order valence-corrected chi connectivity index (χ2v) is 4.85. The number of anilines is 1. The van der Waals surface area contributed by atoms with Crippen molar-refractivity contribution in [1.29, 1.82) is 0 Å². The number of rotatable bonds is 2. The van der Waals surface area contributed by atoms with E-state index in [-0.39, 0.29) is 10.9 Å². The Morgan fingerprint density at radius 2 is 2.06 bits per heavy atom. The molecule has 1 aliphatic carbocycles. The lowest BCUT2D eigenvalue weighted by molar-refractivity contribution is -0.121. The van der Waals surface area contributed by atoms with Gasteiger partial charge in [0.1, 0.15) is 5.82 Å². The fourth-order valence-corrected chi connectivity index (χ4v) is 2.29. The van der Waals surface area contributed by atoms with Gasteiger partial charge < -0.3 is 11.1 Å². The molecule has 1 fully saturated rings. The summed E-state index contributed by atoms with van der Waals surface area (Å²) in [5.41, 5.74) is 5.59. The quantitative estimate of drug-likeness (QED) is 0.855. The zero-order chi connectivity index (χ0) is 12.5. The van der Waals surface area contributed by atoms with Crippen LogP contribution in [0.2, 0.25) is 5.02 Å². The molecule has 0 spiro atoms. The van der Waals surface area contributed by atoms with Crippen molar-refractivity contribution in [2.75, 3.05) is 5.32 Å². The van der Waals surface area contributed by atoms with E-state index in [0.717, 1.165) is 18.9 Å². The summed E-state index contributed by atoms with van der Waals surface area (Å²) in [5.74, 6) is -0.681. The summed E-state index contributed by atoms with van der Waals surface area (Å²) in [6, 6.07) is 3.85. The molecule has 2 rings (SSSR count).